The van der Waals surface area contributed by atoms with Gasteiger partial charge >= 0.3 is 10.1 Å². The molecule has 1 aromatic heterocycles. The number of piperidine rings is 1. The smallest absolute Gasteiger partial charge is 0.306 e. The van der Waals surface area contributed by atoms with E-state index in [4.69, 9.17) is 28.4 Å². The Morgan fingerprint density at radius 3 is 2.64 bits per heavy atom. The maximum absolute atomic E-state index is 11.7. The molecular weight excluding hydrogens is 538 g/mol. The highest BCUT2D eigenvalue weighted by molar-refractivity contribution is 7.86. The molecule has 2 aliphatic rings. The number of methoxy groups -OCH3 is 1. The van der Waals surface area contributed by atoms with Gasteiger partial charge in [-0.2, -0.15) is 13.4 Å². The lowest BCUT2D eigenvalue weighted by Crippen LogP contribution is -2.38. The van der Waals surface area contributed by atoms with Gasteiger partial charge in [-0.3, -0.25) is 0 Å². The fourth-order valence-electron chi connectivity index (χ4n) is 4.80. The summed E-state index contributed by atoms with van der Waals surface area (Å²) in [7, 11) is -1.98. The van der Waals surface area contributed by atoms with E-state index in [1.807, 2.05) is 11.4 Å². The molecule has 0 amide bonds. The number of ether oxygens (including phenoxy) is 3. The van der Waals surface area contributed by atoms with Gasteiger partial charge in [0.15, 0.2) is 0 Å². The van der Waals surface area contributed by atoms with E-state index in [1.165, 1.54) is 5.56 Å². The second-order valence-electron chi connectivity index (χ2n) is 9.90. The van der Waals surface area contributed by atoms with Crippen molar-refractivity contribution in [3.05, 3.63) is 74.7 Å². The number of aromatic nitrogens is 1. The zero-order chi connectivity index (χ0) is 27.6. The van der Waals surface area contributed by atoms with E-state index in [2.05, 4.69) is 36.9 Å². The van der Waals surface area contributed by atoms with Gasteiger partial charge in [0.2, 0.25) is 6.29 Å². The van der Waals surface area contributed by atoms with Crippen molar-refractivity contribution in [2.24, 2.45) is 4.99 Å². The third-order valence-corrected chi connectivity index (χ3v) is 8.41. The van der Waals surface area contributed by atoms with Crippen molar-refractivity contribution >= 4 is 33.2 Å². The quantitative estimate of drug-likeness (QED) is 0.229. The van der Waals surface area contributed by atoms with Crippen molar-refractivity contribution in [2.45, 2.75) is 52.1 Å². The van der Waals surface area contributed by atoms with Gasteiger partial charge in [-0.1, -0.05) is 24.3 Å². The van der Waals surface area contributed by atoms with E-state index in [0.717, 1.165) is 59.7 Å². The van der Waals surface area contributed by atoms with E-state index < -0.39 is 16.4 Å². The van der Waals surface area contributed by atoms with E-state index in [9.17, 15) is 8.42 Å². The molecule has 3 heterocycles. The summed E-state index contributed by atoms with van der Waals surface area (Å²) in [5.74, 6) is 0.595. The Kier molecular flexibility index (Phi) is 8.22. The monoisotopic (exact) mass is 571 g/mol. The van der Waals surface area contributed by atoms with Crippen LogP contribution in [0.15, 0.2) is 46.8 Å². The number of fused-ring (bicyclic) bond motifs is 1. The maximum Gasteiger partial charge on any atom is 0.306 e. The first-order valence-electron chi connectivity index (χ1n) is 12.8. The summed E-state index contributed by atoms with van der Waals surface area (Å²) in [6, 6.07) is 12.1. The Labute approximate surface area is 233 Å². The average Bonchev–Trinajstić information content (AvgIpc) is 3.29. The minimum atomic E-state index is -3.65. The van der Waals surface area contributed by atoms with Crippen molar-refractivity contribution in [1.82, 2.24) is 9.88 Å². The van der Waals surface area contributed by atoms with Gasteiger partial charge in [0, 0.05) is 30.0 Å². The Hall–Kier alpha value is -2.99. The normalized spacial score (nSPS) is 18.9. The van der Waals surface area contributed by atoms with E-state index >= 15 is 0 Å². The summed E-state index contributed by atoms with van der Waals surface area (Å²) in [5, 5.41) is 3.05. The second-order valence-corrected chi connectivity index (χ2v) is 12.4. The van der Waals surface area contributed by atoms with Crippen LogP contribution in [-0.4, -0.2) is 50.8 Å². The molecule has 0 aliphatic carbocycles. The molecule has 39 heavy (non-hydrogen) atoms. The van der Waals surface area contributed by atoms with Gasteiger partial charge in [-0.05, 0) is 55.5 Å². The molecule has 0 bridgehead atoms. The van der Waals surface area contributed by atoms with Gasteiger partial charge in [-0.15, -0.1) is 11.3 Å². The van der Waals surface area contributed by atoms with Crippen LogP contribution in [0.5, 0.6) is 5.75 Å². The number of aryl methyl sites for hydroxylation is 2. The number of aliphatic imine (C=N–C) groups is 1. The lowest BCUT2D eigenvalue weighted by molar-refractivity contribution is -0.155. The van der Waals surface area contributed by atoms with Crippen LogP contribution in [0.25, 0.3) is 0 Å². The number of likely N-dealkylation sites (tertiary alicyclic amines) is 1. The summed E-state index contributed by atoms with van der Waals surface area (Å²) in [6.45, 7) is 6.20. The summed E-state index contributed by atoms with van der Waals surface area (Å²) in [6.07, 6.45) is 2.26. The fraction of sp³-hybridized carbons (Fsp3) is 0.429. The van der Waals surface area contributed by atoms with E-state index in [0.29, 0.717) is 17.5 Å². The molecule has 0 spiro atoms. The summed E-state index contributed by atoms with van der Waals surface area (Å²) >= 11 is 1.62. The Morgan fingerprint density at radius 1 is 1.13 bits per heavy atom. The summed E-state index contributed by atoms with van der Waals surface area (Å²) in [4.78, 5) is 11.9. The lowest BCUT2D eigenvalue weighted by atomic mass is 9.98. The number of nitrogens with zero attached hydrogens (tertiary/aromatic N) is 3. The molecule has 3 aromatic rings. The first kappa shape index (κ1) is 27.6. The van der Waals surface area contributed by atoms with Crippen LogP contribution >= 0.6 is 11.3 Å². The van der Waals surface area contributed by atoms with Gasteiger partial charge in [0.1, 0.15) is 11.4 Å². The molecule has 208 valence electrons. The molecule has 0 N–H and O–H groups in total. The molecule has 11 heteroatoms. The predicted molar refractivity (Wildman–Crippen MR) is 150 cm³/mol. The molecule has 1 saturated heterocycles. The highest BCUT2D eigenvalue weighted by atomic mass is 32.2. The van der Waals surface area contributed by atoms with Crippen LogP contribution in [0.3, 0.4) is 0 Å². The highest BCUT2D eigenvalue weighted by Crippen LogP contribution is 2.36. The summed E-state index contributed by atoms with van der Waals surface area (Å²) in [5.41, 5.74) is 5.44. The van der Waals surface area contributed by atoms with Gasteiger partial charge in [-0.25, -0.2) is 4.98 Å². The van der Waals surface area contributed by atoms with Crippen LogP contribution in [0.1, 0.15) is 58.0 Å². The molecule has 2 aromatic carbocycles. The topological polar surface area (TPSA) is 99.5 Å². The minimum Gasteiger partial charge on any atom is -0.468 e. The van der Waals surface area contributed by atoms with E-state index in [1.54, 1.807) is 30.6 Å². The van der Waals surface area contributed by atoms with Crippen molar-refractivity contribution in [3.63, 3.8) is 0 Å². The molecule has 9 nitrogen and oxygen atoms in total. The Bertz CT molecular complexity index is 1460. The fourth-order valence-corrected chi connectivity index (χ4v) is 6.27. The van der Waals surface area contributed by atoms with Crippen LogP contribution < -0.4 is 4.18 Å². The number of benzene rings is 2. The predicted octanol–water partition coefficient (Wildman–Crippen LogP) is 5.36. The van der Waals surface area contributed by atoms with Gasteiger partial charge in [0.05, 0.1) is 37.3 Å². The zero-order valence-corrected chi connectivity index (χ0v) is 24.2. The first-order valence-corrected chi connectivity index (χ1v) is 15.5. The van der Waals surface area contributed by atoms with Crippen molar-refractivity contribution in [3.8, 4) is 5.75 Å². The molecule has 5 rings (SSSR count). The lowest BCUT2D eigenvalue weighted by Gasteiger charge is -2.32. The van der Waals surface area contributed by atoms with Gasteiger partial charge in [0.25, 0.3) is 6.02 Å². The molecule has 1 fully saturated rings. The second kappa shape index (κ2) is 11.6. The minimum absolute atomic E-state index is 0.163. The zero-order valence-electron chi connectivity index (χ0n) is 22.5. The highest BCUT2D eigenvalue weighted by Gasteiger charge is 2.28. The van der Waals surface area contributed by atoms with Gasteiger partial charge < -0.3 is 23.3 Å². The number of rotatable bonds is 5. The molecule has 0 saturated carbocycles. The van der Waals surface area contributed by atoms with Crippen molar-refractivity contribution < 1.29 is 26.8 Å². The third kappa shape index (κ3) is 6.60. The maximum atomic E-state index is 11.7. The number of amidine groups is 1. The van der Waals surface area contributed by atoms with Crippen LogP contribution in [0, 0.1) is 13.8 Å². The number of hydrogen-bond donors (Lipinski definition) is 0. The number of hydrogen-bond acceptors (Lipinski definition) is 9. The largest absolute Gasteiger partial charge is 0.468 e. The van der Waals surface area contributed by atoms with Crippen LogP contribution in [0.2, 0.25) is 0 Å². The molecule has 2 aliphatic heterocycles. The molecule has 1 atom stereocenters. The van der Waals surface area contributed by atoms with Crippen LogP contribution in [0.4, 0.5) is 5.69 Å². The molecular formula is C28H33N3O6S2. The van der Waals surface area contributed by atoms with E-state index in [-0.39, 0.29) is 19.0 Å². The van der Waals surface area contributed by atoms with Crippen molar-refractivity contribution in [1.29, 1.82) is 0 Å². The average molecular weight is 572 g/mol. The number of thiazole rings is 1. The van der Waals surface area contributed by atoms with Crippen LogP contribution in [-0.2, 0) is 37.5 Å². The molecule has 1 unspecified atom stereocenters. The van der Waals surface area contributed by atoms with Crippen molar-refractivity contribution in [2.75, 3.05) is 26.5 Å². The molecule has 0 radical (unpaired) electrons. The standard InChI is InChI=1S/C28H33N3O6S2/c1-18-8-9-19(2)23(14-18)30-28(34-3)31-12-10-20(11-13-31)26-29-24(17-38-26)27-35-15-21-6-5-7-25(22(21)16-36-27)37-39(4,32)33/h5-9,14,17,20,27H,10-13,15-16H2,1-4H3. The first-order chi connectivity index (χ1) is 18.7. The summed E-state index contributed by atoms with van der Waals surface area (Å²) < 4.78 is 46.2. The third-order valence-electron chi connectivity index (χ3n) is 6.90. The Morgan fingerprint density at radius 2 is 1.90 bits per heavy atom. The Balaban J connectivity index is 1.22. The SMILES string of the molecule is COC(=Nc1cc(C)ccc1C)N1CCC(c2nc(C3OCc4cccc(OS(C)(=O)=O)c4CO3)cs2)CC1.